The van der Waals surface area contributed by atoms with Crippen LogP contribution in [0.4, 0.5) is 0 Å². The number of nitrogens with zero attached hydrogens (tertiary/aromatic N) is 7. The third-order valence-electron chi connectivity index (χ3n) is 13.5. The van der Waals surface area contributed by atoms with Crippen molar-refractivity contribution in [3.05, 3.63) is 274 Å². The summed E-state index contributed by atoms with van der Waals surface area (Å²) in [4.78, 5) is 24.1. The van der Waals surface area contributed by atoms with Gasteiger partial charge in [0.05, 0.1) is 0 Å². The van der Waals surface area contributed by atoms with Gasteiger partial charge in [-0.25, -0.2) is 9.97 Å². The molecule has 0 aliphatic rings. The van der Waals surface area contributed by atoms with Gasteiger partial charge in [-0.05, 0) is 97.4 Å². The third kappa shape index (κ3) is 9.32. The van der Waals surface area contributed by atoms with E-state index in [-0.39, 0.29) is 20.1 Å². The van der Waals surface area contributed by atoms with Gasteiger partial charge < -0.3 is 24.1 Å². The fourth-order valence-corrected chi connectivity index (χ4v) is 9.76. The van der Waals surface area contributed by atoms with Crippen LogP contribution >= 0.6 is 0 Å². The van der Waals surface area contributed by atoms with Gasteiger partial charge in [0.15, 0.2) is 0 Å². The largest absolute Gasteiger partial charge is 3.00 e. The van der Waals surface area contributed by atoms with E-state index in [1.165, 1.54) is 5.56 Å². The molecule has 13 aromatic rings. The Kier molecular flexibility index (Phi) is 12.8. The first-order valence-electron chi connectivity index (χ1n) is 24.4. The maximum absolute atomic E-state index is 5.03. The zero-order valence-electron chi connectivity index (χ0n) is 40.2. The van der Waals surface area contributed by atoms with Crippen molar-refractivity contribution in [1.29, 1.82) is 0 Å². The molecule has 0 saturated carbocycles. The zero-order valence-corrected chi connectivity index (χ0v) is 42.6. The fraction of sp³-hybridized carbons (Fsp3) is 0. The summed E-state index contributed by atoms with van der Waals surface area (Å²) in [6, 6.07) is 84.2. The summed E-state index contributed by atoms with van der Waals surface area (Å²) in [5.41, 5.74) is 17.6. The van der Waals surface area contributed by atoms with Crippen molar-refractivity contribution in [1.82, 2.24) is 34.1 Å². The molecule has 0 aliphatic carbocycles. The van der Waals surface area contributed by atoms with Gasteiger partial charge >= 0.3 is 20.1 Å². The Morgan fingerprint density at radius 2 is 0.840 bits per heavy atom. The average Bonchev–Trinajstić information content (AvgIpc) is 4.20. The molecule has 354 valence electrons. The van der Waals surface area contributed by atoms with E-state index in [0.29, 0.717) is 0 Å². The first-order valence-corrected chi connectivity index (χ1v) is 24.4. The molecule has 0 N–H and O–H groups in total. The molecule has 8 aromatic carbocycles. The minimum atomic E-state index is 0. The Bertz CT molecular complexity index is 3960. The van der Waals surface area contributed by atoms with Crippen molar-refractivity contribution >= 4 is 10.8 Å². The second-order valence-corrected chi connectivity index (χ2v) is 18.0. The molecule has 5 heterocycles. The number of imidazole rings is 2. The number of fused-ring (bicyclic) bond motifs is 1. The molecule has 13 rings (SSSR count). The van der Waals surface area contributed by atoms with Crippen molar-refractivity contribution in [2.45, 2.75) is 0 Å². The molecule has 0 aliphatic heterocycles. The predicted octanol–water partition coefficient (Wildman–Crippen LogP) is 15.8. The van der Waals surface area contributed by atoms with Crippen LogP contribution < -0.4 is 0 Å². The number of aromatic nitrogens is 7. The Hall–Kier alpha value is -9.46. The Morgan fingerprint density at radius 3 is 1.44 bits per heavy atom. The van der Waals surface area contributed by atoms with Crippen molar-refractivity contribution in [3.63, 3.8) is 0 Å². The van der Waals surface area contributed by atoms with Gasteiger partial charge in [0.25, 0.3) is 0 Å². The van der Waals surface area contributed by atoms with Crippen LogP contribution in [0.3, 0.4) is 0 Å². The van der Waals surface area contributed by atoms with Gasteiger partial charge in [0.2, 0.25) is 0 Å². The second kappa shape index (κ2) is 20.6. The number of pyridine rings is 3. The quantitative estimate of drug-likeness (QED) is 0.121. The van der Waals surface area contributed by atoms with Crippen molar-refractivity contribution < 1.29 is 20.1 Å². The van der Waals surface area contributed by atoms with Crippen LogP contribution in [-0.4, -0.2) is 34.1 Å². The van der Waals surface area contributed by atoms with Crippen LogP contribution in [0.15, 0.2) is 256 Å². The third-order valence-corrected chi connectivity index (χ3v) is 13.5. The molecule has 0 bridgehead atoms. The Balaban J connectivity index is 0.00000569. The van der Waals surface area contributed by atoms with Gasteiger partial charge in [-0.15, -0.1) is 83.4 Å². The first-order chi connectivity index (χ1) is 36.7. The fourth-order valence-electron chi connectivity index (χ4n) is 9.76. The minimum Gasteiger partial charge on any atom is -0.341 e. The molecular formula is C67H42IrN7. The van der Waals surface area contributed by atoms with E-state index in [0.717, 1.165) is 118 Å². The number of benzene rings is 8. The molecule has 0 amide bonds. The number of hydrogen-bond acceptors (Lipinski definition) is 5. The summed E-state index contributed by atoms with van der Waals surface area (Å²) in [5, 5.41) is 2.23. The summed E-state index contributed by atoms with van der Waals surface area (Å²) in [5.74, 6) is 1.55. The molecule has 5 aromatic heterocycles. The van der Waals surface area contributed by atoms with Crippen LogP contribution in [0.1, 0.15) is 0 Å². The molecule has 8 heteroatoms. The molecule has 0 radical (unpaired) electrons. The average molecular weight is 1140 g/mol. The summed E-state index contributed by atoms with van der Waals surface area (Å²) >= 11 is 0. The zero-order chi connectivity index (χ0) is 49.2. The summed E-state index contributed by atoms with van der Waals surface area (Å²) in [7, 11) is 0. The van der Waals surface area contributed by atoms with Crippen molar-refractivity contribution in [3.8, 4) is 112 Å². The standard InChI is InChI=1S/C67H42N7.Ir/c1-2-12-46(13-3-1)47-20-22-48(23-21-47)62-43-52(65-44-51-14-4-5-15-53(51)45-72-65)28-33-61(62)60-17-7-6-16-59(60)54-40-55(66-70-36-38-73(66)57-29-24-49(25-30-57)63-18-8-10-34-68-63)42-56(41-54)67-71-37-39-74(67)58-31-26-50(27-32-58)64-19-9-11-35-69-64;/h1-24,26,29-45H;/q-3;+3. The van der Waals surface area contributed by atoms with Crippen LogP contribution in [0, 0.1) is 18.2 Å². The van der Waals surface area contributed by atoms with E-state index in [1.54, 1.807) is 12.4 Å². The maximum atomic E-state index is 5.03. The molecule has 0 spiro atoms. The molecule has 0 unspecified atom stereocenters. The molecule has 0 saturated heterocycles. The maximum Gasteiger partial charge on any atom is 3.00 e. The van der Waals surface area contributed by atoms with Crippen LogP contribution in [-0.2, 0) is 20.1 Å². The smallest absolute Gasteiger partial charge is 0.341 e. The van der Waals surface area contributed by atoms with Crippen LogP contribution in [0.25, 0.3) is 123 Å². The van der Waals surface area contributed by atoms with Gasteiger partial charge in [0, 0.05) is 54.5 Å². The summed E-state index contributed by atoms with van der Waals surface area (Å²) in [6.45, 7) is 0. The summed E-state index contributed by atoms with van der Waals surface area (Å²) < 4.78 is 4.22. The van der Waals surface area contributed by atoms with E-state index < -0.39 is 0 Å². The molecule has 7 nitrogen and oxygen atoms in total. The van der Waals surface area contributed by atoms with Crippen molar-refractivity contribution in [2.75, 3.05) is 0 Å². The molecular weight excluding hydrogens is 1100 g/mol. The van der Waals surface area contributed by atoms with E-state index in [1.807, 2.05) is 85.6 Å². The Morgan fingerprint density at radius 1 is 0.307 bits per heavy atom. The molecule has 0 fully saturated rings. The van der Waals surface area contributed by atoms with E-state index in [9.17, 15) is 0 Å². The van der Waals surface area contributed by atoms with E-state index in [2.05, 4.69) is 195 Å². The normalized spacial score (nSPS) is 11.1. The number of hydrogen-bond donors (Lipinski definition) is 0. The van der Waals surface area contributed by atoms with Gasteiger partial charge in [0.1, 0.15) is 11.6 Å². The molecule has 75 heavy (non-hydrogen) atoms. The predicted molar refractivity (Wildman–Crippen MR) is 297 cm³/mol. The van der Waals surface area contributed by atoms with E-state index in [4.69, 9.17) is 15.0 Å². The van der Waals surface area contributed by atoms with E-state index >= 15 is 0 Å². The Labute approximate surface area is 448 Å². The summed E-state index contributed by atoms with van der Waals surface area (Å²) in [6.07, 6.45) is 13.2. The second-order valence-electron chi connectivity index (χ2n) is 18.0. The van der Waals surface area contributed by atoms with Crippen LogP contribution in [0.5, 0.6) is 0 Å². The van der Waals surface area contributed by atoms with Gasteiger partial charge in [-0.1, -0.05) is 150 Å². The topological polar surface area (TPSA) is 74.3 Å². The minimum absolute atomic E-state index is 0. The molecule has 0 atom stereocenters. The van der Waals surface area contributed by atoms with Gasteiger partial charge in [-0.3, -0.25) is 0 Å². The first kappa shape index (κ1) is 46.6. The van der Waals surface area contributed by atoms with Crippen LogP contribution in [0.2, 0.25) is 0 Å². The van der Waals surface area contributed by atoms with Crippen molar-refractivity contribution in [2.24, 2.45) is 0 Å². The monoisotopic (exact) mass is 1140 g/mol. The van der Waals surface area contributed by atoms with Gasteiger partial charge in [-0.2, -0.15) is 0 Å². The SMILES string of the molecule is [Ir+3].[c-]1cc(-n2ccnc2-c2cc(-c3ccccc3-c3c[c-]c(-c4cc5ccccc5cn4)cc3-c3ccc(-c4ccccc4)cc3)cc(-c3nccn3-c3c[c-]c(-c4ccccn4)cc3)c2)ccc1-c1ccccn1. The number of rotatable bonds is 11.